The van der Waals surface area contributed by atoms with Crippen LogP contribution in [0, 0.1) is 6.92 Å². The number of nitrogens with two attached hydrogens (primary N) is 1. The highest BCUT2D eigenvalue weighted by molar-refractivity contribution is 8.00. The van der Waals surface area contributed by atoms with Crippen LogP contribution in [0.4, 0.5) is 5.69 Å². The Morgan fingerprint density at radius 3 is 2.83 bits per heavy atom. The van der Waals surface area contributed by atoms with Gasteiger partial charge >= 0.3 is 0 Å². The van der Waals surface area contributed by atoms with E-state index in [1.165, 1.54) is 11.3 Å². The summed E-state index contributed by atoms with van der Waals surface area (Å²) in [6.07, 6.45) is 0. The van der Waals surface area contributed by atoms with Crippen LogP contribution in [0.1, 0.15) is 25.0 Å². The fourth-order valence-corrected chi connectivity index (χ4v) is 3.75. The first-order chi connectivity index (χ1) is 8.52. The summed E-state index contributed by atoms with van der Waals surface area (Å²) >= 11 is 7.23. The van der Waals surface area contributed by atoms with Crippen molar-refractivity contribution in [3.63, 3.8) is 0 Å². The minimum Gasteiger partial charge on any atom is -0.389 e. The molecule has 1 heterocycles. The Morgan fingerprint density at radius 1 is 1.44 bits per heavy atom. The fraction of sp³-hybridized carbons (Fsp3) is 0.500. The quantitative estimate of drug-likeness (QED) is 0.843. The number of para-hydroxylation sites is 1. The van der Waals surface area contributed by atoms with Crippen LogP contribution in [0.25, 0.3) is 0 Å². The molecule has 2 N–H and O–H groups in total. The van der Waals surface area contributed by atoms with Crippen LogP contribution >= 0.6 is 24.0 Å². The normalized spacial score (nSPS) is 24.1. The van der Waals surface area contributed by atoms with Crippen molar-refractivity contribution in [2.75, 3.05) is 17.2 Å². The van der Waals surface area contributed by atoms with E-state index in [1.54, 1.807) is 0 Å². The highest BCUT2D eigenvalue weighted by Gasteiger charge is 2.28. The summed E-state index contributed by atoms with van der Waals surface area (Å²) in [5.74, 6) is 1.16. The van der Waals surface area contributed by atoms with E-state index in [0.717, 1.165) is 17.9 Å². The van der Waals surface area contributed by atoms with Gasteiger partial charge in [-0.1, -0.05) is 31.3 Å². The van der Waals surface area contributed by atoms with Crippen molar-refractivity contribution < 1.29 is 0 Å². The Labute approximate surface area is 119 Å². The van der Waals surface area contributed by atoms with E-state index in [-0.39, 0.29) is 0 Å². The lowest BCUT2D eigenvalue weighted by Gasteiger charge is -2.40. The summed E-state index contributed by atoms with van der Waals surface area (Å²) in [5, 5.41) is 0.637. The molecule has 1 aliphatic heterocycles. The van der Waals surface area contributed by atoms with Crippen LogP contribution in [-0.4, -0.2) is 28.6 Å². The monoisotopic (exact) mass is 280 g/mol. The zero-order valence-electron chi connectivity index (χ0n) is 11.1. The van der Waals surface area contributed by atoms with E-state index in [1.807, 2.05) is 23.9 Å². The molecule has 0 bridgehead atoms. The standard InChI is InChI=1S/C14H20N2S2/c1-9-5-4-6-12(14(15)17)13(9)16-7-8-18-11(3)10(16)2/h4-6,10-11H,7-8H2,1-3H3,(H2,15,17). The van der Waals surface area contributed by atoms with Gasteiger partial charge in [0.15, 0.2) is 0 Å². The summed E-state index contributed by atoms with van der Waals surface area (Å²) < 4.78 is 0. The van der Waals surface area contributed by atoms with E-state index in [0.29, 0.717) is 16.3 Å². The van der Waals surface area contributed by atoms with E-state index in [4.69, 9.17) is 18.0 Å². The van der Waals surface area contributed by atoms with Gasteiger partial charge in [-0.3, -0.25) is 0 Å². The molecule has 2 rings (SSSR count). The molecule has 4 heteroatoms. The van der Waals surface area contributed by atoms with E-state index in [2.05, 4.69) is 31.7 Å². The second-order valence-corrected chi connectivity index (χ2v) is 6.77. The molecular weight excluding hydrogens is 260 g/mol. The molecule has 2 unspecified atom stereocenters. The van der Waals surface area contributed by atoms with Crippen LogP contribution in [0.15, 0.2) is 18.2 Å². The molecule has 2 atom stereocenters. The number of nitrogens with zero attached hydrogens (tertiary/aromatic N) is 1. The summed E-state index contributed by atoms with van der Waals surface area (Å²) in [4.78, 5) is 2.96. The number of benzene rings is 1. The number of hydrogen-bond acceptors (Lipinski definition) is 3. The fourth-order valence-electron chi connectivity index (χ4n) is 2.49. The van der Waals surface area contributed by atoms with Crippen molar-refractivity contribution in [1.29, 1.82) is 0 Å². The highest BCUT2D eigenvalue weighted by Crippen LogP contribution is 2.33. The third-order valence-electron chi connectivity index (χ3n) is 3.67. The lowest BCUT2D eigenvalue weighted by molar-refractivity contribution is 0.625. The predicted molar refractivity (Wildman–Crippen MR) is 85.8 cm³/mol. The van der Waals surface area contributed by atoms with Crippen molar-refractivity contribution in [3.8, 4) is 0 Å². The maximum Gasteiger partial charge on any atom is 0.106 e. The van der Waals surface area contributed by atoms with Crippen molar-refractivity contribution >= 4 is 34.7 Å². The molecule has 0 spiro atoms. The van der Waals surface area contributed by atoms with E-state index in [9.17, 15) is 0 Å². The molecule has 98 valence electrons. The Bertz CT molecular complexity index is 459. The van der Waals surface area contributed by atoms with Crippen LogP contribution in [0.2, 0.25) is 0 Å². The summed E-state index contributed by atoms with van der Waals surface area (Å²) in [7, 11) is 0. The van der Waals surface area contributed by atoms with Gasteiger partial charge in [0.05, 0.1) is 5.69 Å². The Balaban J connectivity index is 2.46. The molecule has 0 aliphatic carbocycles. The third kappa shape index (κ3) is 2.50. The lowest BCUT2D eigenvalue weighted by Crippen LogP contribution is -2.45. The number of thiocarbonyl (C=S) groups is 1. The van der Waals surface area contributed by atoms with Gasteiger partial charge in [-0.15, -0.1) is 0 Å². The Hall–Kier alpha value is -0.740. The van der Waals surface area contributed by atoms with Gasteiger partial charge < -0.3 is 10.6 Å². The minimum absolute atomic E-state index is 0.492. The number of rotatable bonds is 2. The van der Waals surface area contributed by atoms with Gasteiger partial charge in [0.25, 0.3) is 0 Å². The van der Waals surface area contributed by atoms with Gasteiger partial charge in [0.2, 0.25) is 0 Å². The van der Waals surface area contributed by atoms with Crippen LogP contribution in [0.3, 0.4) is 0 Å². The van der Waals surface area contributed by atoms with Crippen molar-refractivity contribution in [2.24, 2.45) is 5.73 Å². The average Bonchev–Trinajstić information content (AvgIpc) is 2.33. The highest BCUT2D eigenvalue weighted by atomic mass is 32.2. The molecule has 2 nitrogen and oxygen atoms in total. The number of hydrogen-bond donors (Lipinski definition) is 1. The molecule has 0 radical (unpaired) electrons. The first kappa shape index (κ1) is 13.7. The van der Waals surface area contributed by atoms with Crippen molar-refractivity contribution in [1.82, 2.24) is 0 Å². The summed E-state index contributed by atoms with van der Waals surface area (Å²) in [6.45, 7) is 7.78. The first-order valence-corrected chi connectivity index (χ1v) is 7.75. The molecule has 0 aromatic heterocycles. The molecule has 1 aromatic carbocycles. The second kappa shape index (κ2) is 5.49. The summed E-state index contributed by atoms with van der Waals surface area (Å²) in [5.41, 5.74) is 9.36. The number of thioether (sulfide) groups is 1. The molecule has 18 heavy (non-hydrogen) atoms. The average molecular weight is 280 g/mol. The van der Waals surface area contributed by atoms with Gasteiger partial charge in [-0.25, -0.2) is 0 Å². The third-order valence-corrected chi connectivity index (χ3v) is 5.23. The second-order valence-electron chi connectivity index (χ2n) is 4.85. The molecular formula is C14H20N2S2. The molecule has 1 saturated heterocycles. The van der Waals surface area contributed by atoms with Gasteiger partial charge in [0, 0.05) is 29.2 Å². The molecule has 1 fully saturated rings. The van der Waals surface area contributed by atoms with Crippen molar-refractivity contribution in [3.05, 3.63) is 29.3 Å². The molecule has 0 saturated carbocycles. The van der Waals surface area contributed by atoms with Gasteiger partial charge in [-0.05, 0) is 25.5 Å². The number of aryl methyl sites for hydroxylation is 1. The predicted octanol–water partition coefficient (Wildman–Crippen LogP) is 2.96. The maximum absolute atomic E-state index is 5.87. The van der Waals surface area contributed by atoms with E-state index >= 15 is 0 Å². The minimum atomic E-state index is 0.492. The Morgan fingerprint density at radius 2 is 2.17 bits per heavy atom. The number of anilines is 1. The van der Waals surface area contributed by atoms with Crippen LogP contribution in [-0.2, 0) is 0 Å². The van der Waals surface area contributed by atoms with Gasteiger partial charge in [0.1, 0.15) is 4.99 Å². The van der Waals surface area contributed by atoms with Crippen molar-refractivity contribution in [2.45, 2.75) is 32.1 Å². The molecule has 1 aliphatic rings. The van der Waals surface area contributed by atoms with Crippen LogP contribution < -0.4 is 10.6 Å². The van der Waals surface area contributed by atoms with E-state index < -0.39 is 0 Å². The SMILES string of the molecule is Cc1cccc(C(N)=S)c1N1CCSC(C)C1C. The first-order valence-electron chi connectivity index (χ1n) is 6.30. The maximum atomic E-state index is 5.87. The zero-order valence-corrected chi connectivity index (χ0v) is 12.8. The Kier molecular flexibility index (Phi) is 4.17. The molecule has 1 aromatic rings. The largest absolute Gasteiger partial charge is 0.389 e. The molecule has 0 amide bonds. The smallest absolute Gasteiger partial charge is 0.106 e. The topological polar surface area (TPSA) is 29.3 Å². The zero-order chi connectivity index (χ0) is 13.3. The van der Waals surface area contributed by atoms with Gasteiger partial charge in [-0.2, -0.15) is 11.8 Å². The van der Waals surface area contributed by atoms with Crippen LogP contribution in [0.5, 0.6) is 0 Å². The lowest BCUT2D eigenvalue weighted by atomic mass is 10.0. The summed E-state index contributed by atoms with van der Waals surface area (Å²) in [6, 6.07) is 6.71.